The lowest BCUT2D eigenvalue weighted by atomic mass is 9.70. The van der Waals surface area contributed by atoms with Gasteiger partial charge in [0.1, 0.15) is 11.5 Å². The van der Waals surface area contributed by atoms with Gasteiger partial charge in [0.05, 0.1) is 12.8 Å². The van der Waals surface area contributed by atoms with Gasteiger partial charge >= 0.3 is 0 Å². The Morgan fingerprint density at radius 2 is 2.04 bits per heavy atom. The third-order valence-electron chi connectivity index (χ3n) is 6.43. The van der Waals surface area contributed by atoms with Crippen LogP contribution in [0.25, 0.3) is 0 Å². The molecule has 3 rings (SSSR count). The molecule has 1 aromatic carbocycles. The molecular formula is C19H26N2O2. The average Bonchev–Trinajstić information content (AvgIpc) is 2.86. The molecule has 0 spiro atoms. The van der Waals surface area contributed by atoms with Crippen LogP contribution in [0.15, 0.2) is 28.4 Å². The van der Waals surface area contributed by atoms with Gasteiger partial charge in [0, 0.05) is 16.7 Å². The van der Waals surface area contributed by atoms with Gasteiger partial charge in [-0.1, -0.05) is 20.8 Å². The number of aromatic hydroxyl groups is 1. The van der Waals surface area contributed by atoms with E-state index >= 15 is 0 Å². The lowest BCUT2D eigenvalue weighted by Crippen LogP contribution is -2.32. The molecular weight excluding hydrogens is 288 g/mol. The predicted octanol–water partition coefficient (Wildman–Crippen LogP) is 4.41. The van der Waals surface area contributed by atoms with Crippen LogP contribution < -0.4 is 4.74 Å². The summed E-state index contributed by atoms with van der Waals surface area (Å²) in [6.07, 6.45) is 3.54. The molecule has 2 fully saturated rings. The zero-order chi connectivity index (χ0) is 16.8. The van der Waals surface area contributed by atoms with E-state index in [1.165, 1.54) is 18.6 Å². The quantitative estimate of drug-likeness (QED) is 0.663. The van der Waals surface area contributed by atoms with Crippen molar-refractivity contribution in [2.75, 3.05) is 7.11 Å². The molecule has 2 atom stereocenters. The van der Waals surface area contributed by atoms with Crippen LogP contribution in [0.3, 0.4) is 0 Å². The molecule has 2 saturated carbocycles. The van der Waals surface area contributed by atoms with Crippen molar-refractivity contribution in [3.8, 4) is 11.5 Å². The Morgan fingerprint density at radius 1 is 1.30 bits per heavy atom. The van der Waals surface area contributed by atoms with Gasteiger partial charge in [-0.05, 0) is 55.7 Å². The Morgan fingerprint density at radius 3 is 2.61 bits per heavy atom. The lowest BCUT2D eigenvalue weighted by Gasteiger charge is -2.34. The van der Waals surface area contributed by atoms with Crippen LogP contribution in [0.4, 0.5) is 0 Å². The monoisotopic (exact) mass is 314 g/mol. The molecule has 1 aromatic rings. The summed E-state index contributed by atoms with van der Waals surface area (Å²) in [5, 5.41) is 19.1. The number of phenols is 1. The van der Waals surface area contributed by atoms with E-state index in [1.807, 2.05) is 6.92 Å². The van der Waals surface area contributed by atoms with E-state index in [-0.39, 0.29) is 11.2 Å². The van der Waals surface area contributed by atoms with E-state index in [4.69, 9.17) is 4.74 Å². The standard InChI is InChI=1S/C19H26N2O2/c1-12(15-11-14(23-5)6-7-16(15)22)20-21-17-10-13-8-9-19(17,4)18(13,2)3/h6-7,11,13,22H,8-10H2,1-5H3/b20-12+,21-17-/t13-,19-/m1/s1. The maximum atomic E-state index is 10.0. The Hall–Kier alpha value is -1.84. The molecule has 0 unspecified atom stereocenters. The Labute approximate surface area is 138 Å². The van der Waals surface area contributed by atoms with Crippen molar-refractivity contribution in [2.24, 2.45) is 27.0 Å². The third kappa shape index (κ3) is 2.35. The van der Waals surface area contributed by atoms with Crippen LogP contribution in [-0.2, 0) is 0 Å². The first-order chi connectivity index (χ1) is 10.8. The first-order valence-electron chi connectivity index (χ1n) is 8.28. The highest BCUT2D eigenvalue weighted by molar-refractivity contribution is 6.02. The zero-order valence-corrected chi connectivity index (χ0v) is 14.7. The molecule has 0 amide bonds. The molecule has 4 heteroatoms. The molecule has 2 aliphatic carbocycles. The number of fused-ring (bicyclic) bond motifs is 2. The van der Waals surface area contributed by atoms with Crippen molar-refractivity contribution in [1.82, 2.24) is 0 Å². The van der Waals surface area contributed by atoms with Gasteiger partial charge in [0.25, 0.3) is 0 Å². The minimum atomic E-state index is 0.151. The molecule has 0 radical (unpaired) electrons. The minimum absolute atomic E-state index is 0.151. The summed E-state index contributed by atoms with van der Waals surface area (Å²) in [6, 6.07) is 5.15. The SMILES string of the molecule is COc1ccc(O)c(/C(C)=N/N=C2/C[C@H]3CC[C@@]2(C)C3(C)C)c1. The number of ether oxygens (including phenoxy) is 1. The maximum absolute atomic E-state index is 10.0. The second kappa shape index (κ2) is 5.36. The number of phenolic OH excluding ortho intramolecular Hbond substituents is 1. The minimum Gasteiger partial charge on any atom is -0.507 e. The van der Waals surface area contributed by atoms with E-state index < -0.39 is 0 Å². The van der Waals surface area contributed by atoms with Crippen molar-refractivity contribution in [3.63, 3.8) is 0 Å². The van der Waals surface area contributed by atoms with Crippen LogP contribution in [0.2, 0.25) is 0 Å². The summed E-state index contributed by atoms with van der Waals surface area (Å²) >= 11 is 0. The molecule has 0 heterocycles. The fourth-order valence-electron chi connectivity index (χ4n) is 4.20. The van der Waals surface area contributed by atoms with Gasteiger partial charge in [-0.3, -0.25) is 0 Å². The third-order valence-corrected chi connectivity index (χ3v) is 6.43. The lowest BCUT2D eigenvalue weighted by molar-refractivity contribution is 0.194. The fraction of sp³-hybridized carbons (Fsp3) is 0.579. The number of hydrogen-bond acceptors (Lipinski definition) is 4. The van der Waals surface area contributed by atoms with Crippen molar-refractivity contribution in [1.29, 1.82) is 0 Å². The topological polar surface area (TPSA) is 54.2 Å². The van der Waals surface area contributed by atoms with Crippen LogP contribution >= 0.6 is 0 Å². The normalized spacial score (nSPS) is 30.9. The van der Waals surface area contributed by atoms with Gasteiger partial charge in [-0.2, -0.15) is 10.2 Å². The molecule has 0 aliphatic heterocycles. The van der Waals surface area contributed by atoms with E-state index in [9.17, 15) is 5.11 Å². The highest BCUT2D eigenvalue weighted by Crippen LogP contribution is 2.64. The molecule has 124 valence electrons. The summed E-state index contributed by atoms with van der Waals surface area (Å²) in [4.78, 5) is 0. The van der Waals surface area contributed by atoms with Gasteiger partial charge in [0.2, 0.25) is 0 Å². The molecule has 2 aliphatic rings. The van der Waals surface area contributed by atoms with Gasteiger partial charge in [-0.25, -0.2) is 0 Å². The first-order valence-corrected chi connectivity index (χ1v) is 8.28. The van der Waals surface area contributed by atoms with Crippen molar-refractivity contribution >= 4 is 11.4 Å². The summed E-state index contributed by atoms with van der Waals surface area (Å²) in [5.74, 6) is 1.62. The maximum Gasteiger partial charge on any atom is 0.124 e. The largest absolute Gasteiger partial charge is 0.507 e. The highest BCUT2D eigenvalue weighted by atomic mass is 16.5. The predicted molar refractivity (Wildman–Crippen MR) is 93.5 cm³/mol. The smallest absolute Gasteiger partial charge is 0.124 e. The average molecular weight is 314 g/mol. The van der Waals surface area contributed by atoms with Crippen molar-refractivity contribution in [2.45, 2.75) is 47.0 Å². The molecule has 1 N–H and O–H groups in total. The summed E-state index contributed by atoms with van der Waals surface area (Å²) in [7, 11) is 1.61. The van der Waals surface area contributed by atoms with Crippen molar-refractivity contribution < 1.29 is 9.84 Å². The molecule has 0 saturated heterocycles. The first kappa shape index (κ1) is 16.0. The molecule has 2 bridgehead atoms. The number of rotatable bonds is 3. The number of hydrogen-bond donors (Lipinski definition) is 1. The second-order valence-corrected chi connectivity index (χ2v) is 7.61. The summed E-state index contributed by atoms with van der Waals surface area (Å²) < 4.78 is 5.22. The molecule has 23 heavy (non-hydrogen) atoms. The second-order valence-electron chi connectivity index (χ2n) is 7.61. The summed E-state index contributed by atoms with van der Waals surface area (Å²) in [6.45, 7) is 8.92. The fourth-order valence-corrected chi connectivity index (χ4v) is 4.20. The van der Waals surface area contributed by atoms with Gasteiger partial charge in [0.15, 0.2) is 0 Å². The van der Waals surface area contributed by atoms with Crippen molar-refractivity contribution in [3.05, 3.63) is 23.8 Å². The van der Waals surface area contributed by atoms with E-state index in [1.54, 1.807) is 25.3 Å². The van der Waals surface area contributed by atoms with E-state index in [2.05, 4.69) is 31.0 Å². The Balaban J connectivity index is 1.92. The molecule has 0 aromatic heterocycles. The summed E-state index contributed by atoms with van der Waals surface area (Å²) in [5.41, 5.74) is 3.03. The van der Waals surface area contributed by atoms with Gasteiger partial charge in [-0.15, -0.1) is 0 Å². The Kier molecular flexibility index (Phi) is 3.74. The van der Waals surface area contributed by atoms with Crippen LogP contribution in [-0.4, -0.2) is 23.6 Å². The number of methoxy groups -OCH3 is 1. The van der Waals surface area contributed by atoms with Crippen LogP contribution in [0, 0.1) is 16.7 Å². The van der Waals surface area contributed by atoms with E-state index in [0.717, 1.165) is 6.42 Å². The number of benzene rings is 1. The number of nitrogens with zero attached hydrogens (tertiary/aromatic N) is 2. The van der Waals surface area contributed by atoms with E-state index in [0.29, 0.717) is 28.4 Å². The highest BCUT2D eigenvalue weighted by Gasteiger charge is 2.59. The van der Waals surface area contributed by atoms with Gasteiger partial charge < -0.3 is 9.84 Å². The van der Waals surface area contributed by atoms with Crippen LogP contribution in [0.5, 0.6) is 11.5 Å². The Bertz CT molecular complexity index is 691. The van der Waals surface area contributed by atoms with Crippen LogP contribution in [0.1, 0.15) is 52.5 Å². The zero-order valence-electron chi connectivity index (χ0n) is 14.7. The molecule has 4 nitrogen and oxygen atoms in total.